The second kappa shape index (κ2) is 8.16. The van der Waals surface area contributed by atoms with E-state index in [0.717, 1.165) is 16.5 Å². The summed E-state index contributed by atoms with van der Waals surface area (Å²) in [5.41, 5.74) is 1.13. The first-order chi connectivity index (χ1) is 15.2. The molecule has 0 bridgehead atoms. The van der Waals surface area contributed by atoms with Crippen molar-refractivity contribution in [2.75, 3.05) is 12.0 Å². The number of rotatable bonds is 4. The lowest BCUT2D eigenvalue weighted by atomic mass is 9.98. The van der Waals surface area contributed by atoms with Crippen molar-refractivity contribution < 1.29 is 28.2 Å². The first-order valence-corrected chi connectivity index (χ1v) is 10.1. The summed E-state index contributed by atoms with van der Waals surface area (Å²) in [4.78, 5) is 27.3. The van der Waals surface area contributed by atoms with Gasteiger partial charge in [0.15, 0.2) is 0 Å². The van der Waals surface area contributed by atoms with Gasteiger partial charge in [-0.05, 0) is 67.9 Å². The molecule has 8 heteroatoms. The molecule has 1 aliphatic rings. The van der Waals surface area contributed by atoms with Gasteiger partial charge in [-0.25, -0.2) is 4.39 Å². The molecule has 0 aliphatic carbocycles. The Morgan fingerprint density at radius 3 is 2.47 bits per heavy atom. The number of hydrogen-bond acceptors (Lipinski definition) is 5. The van der Waals surface area contributed by atoms with Crippen LogP contribution in [-0.4, -0.2) is 23.9 Å². The number of carbonyl (C=O) groups is 2. The fourth-order valence-corrected chi connectivity index (χ4v) is 3.96. The monoisotopic (exact) mass is 455 g/mol. The van der Waals surface area contributed by atoms with Crippen LogP contribution >= 0.6 is 11.6 Å². The molecule has 4 rings (SSSR count). The number of ether oxygens (including phenoxy) is 1. The Morgan fingerprint density at radius 1 is 1.12 bits per heavy atom. The summed E-state index contributed by atoms with van der Waals surface area (Å²) in [7, 11) is 1.53. The molecule has 1 amide bonds. The largest absolute Gasteiger partial charge is 0.507 e. The van der Waals surface area contributed by atoms with Crippen molar-refractivity contribution in [1.29, 1.82) is 0 Å². The van der Waals surface area contributed by atoms with Crippen molar-refractivity contribution in [3.05, 3.63) is 87.6 Å². The van der Waals surface area contributed by atoms with Crippen molar-refractivity contribution in [2.45, 2.75) is 19.9 Å². The SMILES string of the molecule is COc1ccc(/C(O)=C2/C(=O)C(=O)N(c3ccc(F)c(Cl)c3)C2c2ccc(C)o2)cc1C. The zero-order chi connectivity index (χ0) is 23.2. The highest BCUT2D eigenvalue weighted by atomic mass is 35.5. The second-order valence-electron chi connectivity index (χ2n) is 7.40. The van der Waals surface area contributed by atoms with E-state index >= 15 is 0 Å². The van der Waals surface area contributed by atoms with Crippen molar-refractivity contribution in [3.8, 4) is 5.75 Å². The number of furan rings is 1. The lowest BCUT2D eigenvalue weighted by molar-refractivity contribution is -0.132. The summed E-state index contributed by atoms with van der Waals surface area (Å²) in [6.45, 7) is 3.51. The van der Waals surface area contributed by atoms with E-state index in [1.807, 2.05) is 0 Å². The van der Waals surface area contributed by atoms with Crippen LogP contribution in [0, 0.1) is 19.7 Å². The molecule has 1 aliphatic heterocycles. The number of nitrogens with zero attached hydrogens (tertiary/aromatic N) is 1. The van der Waals surface area contributed by atoms with Crippen LogP contribution in [0.3, 0.4) is 0 Å². The second-order valence-corrected chi connectivity index (χ2v) is 7.81. The average molecular weight is 456 g/mol. The number of amides is 1. The maximum atomic E-state index is 13.7. The third-order valence-corrected chi connectivity index (χ3v) is 5.61. The van der Waals surface area contributed by atoms with E-state index in [2.05, 4.69) is 0 Å². The van der Waals surface area contributed by atoms with Crippen LogP contribution in [-0.2, 0) is 9.59 Å². The Kier molecular flexibility index (Phi) is 5.52. The molecule has 3 aromatic rings. The van der Waals surface area contributed by atoms with Crippen LogP contribution in [0.4, 0.5) is 10.1 Å². The zero-order valence-corrected chi connectivity index (χ0v) is 18.2. The summed E-state index contributed by atoms with van der Waals surface area (Å²) in [5.74, 6) is -1.36. The number of Topliss-reactive ketones (excluding diaryl/α,β-unsaturated/α-hetero) is 1. The summed E-state index contributed by atoms with van der Waals surface area (Å²) in [6, 6.07) is 10.8. The van der Waals surface area contributed by atoms with Crippen molar-refractivity contribution in [2.24, 2.45) is 0 Å². The van der Waals surface area contributed by atoms with Gasteiger partial charge in [0.1, 0.15) is 34.9 Å². The first kappa shape index (κ1) is 21.6. The molecular weight excluding hydrogens is 437 g/mol. The summed E-state index contributed by atoms with van der Waals surface area (Å²) < 4.78 is 24.7. The van der Waals surface area contributed by atoms with E-state index < -0.39 is 23.5 Å². The minimum atomic E-state index is -1.06. The van der Waals surface area contributed by atoms with E-state index in [-0.39, 0.29) is 27.8 Å². The van der Waals surface area contributed by atoms with Gasteiger partial charge in [-0.1, -0.05) is 11.6 Å². The molecule has 1 unspecified atom stereocenters. The molecule has 1 aromatic heterocycles. The van der Waals surface area contributed by atoms with Crippen molar-refractivity contribution in [3.63, 3.8) is 0 Å². The summed E-state index contributed by atoms with van der Waals surface area (Å²) in [5, 5.41) is 10.9. The molecule has 1 saturated heterocycles. The Morgan fingerprint density at radius 2 is 1.88 bits per heavy atom. The predicted molar refractivity (Wildman–Crippen MR) is 117 cm³/mol. The van der Waals surface area contributed by atoms with Gasteiger partial charge in [0.25, 0.3) is 11.7 Å². The molecule has 0 radical (unpaired) electrons. The highest BCUT2D eigenvalue weighted by Gasteiger charge is 2.48. The highest BCUT2D eigenvalue weighted by Crippen LogP contribution is 2.43. The van der Waals surface area contributed by atoms with E-state index in [0.29, 0.717) is 17.1 Å². The predicted octanol–water partition coefficient (Wildman–Crippen LogP) is 5.32. The van der Waals surface area contributed by atoms with Crippen LogP contribution in [0.25, 0.3) is 5.76 Å². The van der Waals surface area contributed by atoms with E-state index in [1.54, 1.807) is 44.2 Å². The van der Waals surface area contributed by atoms with E-state index in [4.69, 9.17) is 20.8 Å². The Labute approximate surface area is 188 Å². The molecule has 1 fully saturated rings. The first-order valence-electron chi connectivity index (χ1n) is 9.70. The fraction of sp³-hybridized carbons (Fsp3) is 0.167. The minimum Gasteiger partial charge on any atom is -0.507 e. The lowest BCUT2D eigenvalue weighted by Gasteiger charge is -2.23. The van der Waals surface area contributed by atoms with Gasteiger partial charge in [-0.3, -0.25) is 14.5 Å². The number of aliphatic hydroxyl groups excluding tert-OH is 1. The lowest BCUT2D eigenvalue weighted by Crippen LogP contribution is -2.29. The van der Waals surface area contributed by atoms with Crippen LogP contribution in [0.2, 0.25) is 5.02 Å². The normalized spacial score (nSPS) is 17.8. The van der Waals surface area contributed by atoms with Gasteiger partial charge in [0.2, 0.25) is 0 Å². The Balaban J connectivity index is 1.93. The van der Waals surface area contributed by atoms with E-state index in [1.165, 1.54) is 19.2 Å². The van der Waals surface area contributed by atoms with Crippen LogP contribution in [0.15, 0.2) is 58.5 Å². The molecule has 6 nitrogen and oxygen atoms in total. The molecular formula is C24H19ClFNO5. The van der Waals surface area contributed by atoms with Crippen molar-refractivity contribution >= 4 is 34.7 Å². The number of halogens is 2. The zero-order valence-electron chi connectivity index (χ0n) is 17.5. The molecule has 164 valence electrons. The van der Waals surface area contributed by atoms with Crippen LogP contribution in [0.5, 0.6) is 5.75 Å². The Hall–Kier alpha value is -3.58. The Bertz CT molecular complexity index is 1280. The molecule has 2 heterocycles. The van der Waals surface area contributed by atoms with E-state index in [9.17, 15) is 19.1 Å². The topological polar surface area (TPSA) is 80.0 Å². The molecule has 1 N–H and O–H groups in total. The van der Waals surface area contributed by atoms with Crippen LogP contribution < -0.4 is 9.64 Å². The molecule has 1 atom stereocenters. The third kappa shape index (κ3) is 3.54. The third-order valence-electron chi connectivity index (χ3n) is 5.32. The fourth-order valence-electron chi connectivity index (χ4n) is 3.78. The molecule has 0 saturated carbocycles. The number of aliphatic hydroxyl groups is 1. The quantitative estimate of drug-likeness (QED) is 0.327. The number of aryl methyl sites for hydroxylation is 2. The smallest absolute Gasteiger partial charge is 0.300 e. The van der Waals surface area contributed by atoms with Crippen molar-refractivity contribution in [1.82, 2.24) is 0 Å². The number of carbonyl (C=O) groups excluding carboxylic acids is 2. The maximum absolute atomic E-state index is 13.7. The number of benzene rings is 2. The van der Waals surface area contributed by atoms with Gasteiger partial charge >= 0.3 is 0 Å². The van der Waals surface area contributed by atoms with Gasteiger partial charge in [0, 0.05) is 11.3 Å². The van der Waals surface area contributed by atoms with Gasteiger partial charge in [-0.15, -0.1) is 0 Å². The molecule has 0 spiro atoms. The number of ketones is 1. The minimum absolute atomic E-state index is 0.144. The molecule has 2 aromatic carbocycles. The van der Waals surface area contributed by atoms with Crippen LogP contribution in [0.1, 0.15) is 28.7 Å². The average Bonchev–Trinajstić information content (AvgIpc) is 3.30. The summed E-state index contributed by atoms with van der Waals surface area (Å²) in [6.07, 6.45) is 0. The number of anilines is 1. The van der Waals surface area contributed by atoms with Gasteiger partial charge in [-0.2, -0.15) is 0 Å². The highest BCUT2D eigenvalue weighted by molar-refractivity contribution is 6.51. The molecule has 32 heavy (non-hydrogen) atoms. The van der Waals surface area contributed by atoms with Gasteiger partial charge < -0.3 is 14.3 Å². The van der Waals surface area contributed by atoms with Gasteiger partial charge in [0.05, 0.1) is 17.7 Å². The summed E-state index contributed by atoms with van der Waals surface area (Å²) >= 11 is 5.92. The number of methoxy groups -OCH3 is 1. The maximum Gasteiger partial charge on any atom is 0.300 e. The number of hydrogen-bond donors (Lipinski definition) is 1. The standard InChI is InChI=1S/C24H19ClFNO5/c1-12-10-14(5-9-18(12)31-3)22(28)20-21(19-8-4-13(2)32-19)27(24(30)23(20)29)15-6-7-17(26)16(25)11-15/h4-11,21,28H,1-3H3/b22-20-.